The van der Waals surface area contributed by atoms with E-state index in [2.05, 4.69) is 25.9 Å². The molecule has 1 saturated heterocycles. The SMILES string of the molecule is CC[C@@H](C)[C@H](NC(=O)[C@H](Cc1ccc(O)cc1)NC(=O)[C@@H]1CCCN1C(=O)[C@H](CCCN=C(N)N)NC(=O)[C@@H](N)CCCN=C(N)N)C(N)=O. The average molecular weight is 703 g/mol. The Morgan fingerprint density at radius 3 is 2.04 bits per heavy atom. The third kappa shape index (κ3) is 13.4. The highest BCUT2D eigenvalue weighted by atomic mass is 16.3. The molecule has 50 heavy (non-hydrogen) atoms. The molecule has 1 aliphatic rings. The first-order valence-corrected chi connectivity index (χ1v) is 16.8. The molecule has 5 amide bonds. The molecule has 2 rings (SSSR count). The maximum atomic E-state index is 14.0. The summed E-state index contributed by atoms with van der Waals surface area (Å²) in [5.74, 6) is -3.44. The number of hydrogen-bond donors (Lipinski definition) is 10. The van der Waals surface area contributed by atoms with Gasteiger partial charge in [-0.25, -0.2) is 0 Å². The molecule has 0 saturated carbocycles. The van der Waals surface area contributed by atoms with Crippen LogP contribution >= 0.6 is 0 Å². The molecule has 1 aromatic rings. The number of aromatic hydroxyl groups is 1. The molecular formula is C32H54N12O6. The van der Waals surface area contributed by atoms with Crippen LogP contribution in [0.25, 0.3) is 0 Å². The van der Waals surface area contributed by atoms with Crippen molar-refractivity contribution in [3.8, 4) is 5.75 Å². The van der Waals surface area contributed by atoms with Crippen LogP contribution in [0, 0.1) is 5.92 Å². The van der Waals surface area contributed by atoms with Gasteiger partial charge in [0.05, 0.1) is 6.04 Å². The van der Waals surface area contributed by atoms with Crippen molar-refractivity contribution < 1.29 is 29.1 Å². The summed E-state index contributed by atoms with van der Waals surface area (Å²) in [6.07, 6.45) is 2.57. The number of guanidine groups is 2. The number of benzene rings is 1. The summed E-state index contributed by atoms with van der Waals surface area (Å²) >= 11 is 0. The Kier molecular flexibility index (Phi) is 16.7. The number of phenolic OH excluding ortho intramolecular Hbond substituents is 1. The predicted molar refractivity (Wildman–Crippen MR) is 189 cm³/mol. The van der Waals surface area contributed by atoms with Gasteiger partial charge in [0.25, 0.3) is 0 Å². The molecule has 1 aromatic carbocycles. The Labute approximate surface area is 292 Å². The molecule has 0 unspecified atom stereocenters. The van der Waals surface area contributed by atoms with Crippen molar-refractivity contribution in [2.75, 3.05) is 19.6 Å². The minimum atomic E-state index is -1.15. The van der Waals surface area contributed by atoms with Crippen molar-refractivity contribution in [2.45, 2.75) is 95.4 Å². The van der Waals surface area contributed by atoms with Crippen LogP contribution in [0.2, 0.25) is 0 Å². The van der Waals surface area contributed by atoms with Gasteiger partial charge >= 0.3 is 0 Å². The molecule has 1 aliphatic heterocycles. The van der Waals surface area contributed by atoms with Crippen LogP contribution in [0.3, 0.4) is 0 Å². The molecule has 0 aliphatic carbocycles. The number of likely N-dealkylation sites (tertiary alicyclic amines) is 1. The highest BCUT2D eigenvalue weighted by molar-refractivity contribution is 5.96. The third-order valence-electron chi connectivity index (χ3n) is 8.53. The van der Waals surface area contributed by atoms with Gasteiger partial charge < -0.3 is 60.4 Å². The highest BCUT2D eigenvalue weighted by Crippen LogP contribution is 2.21. The number of nitrogens with one attached hydrogen (secondary N) is 3. The van der Waals surface area contributed by atoms with Gasteiger partial charge in [0, 0.05) is 26.1 Å². The zero-order chi connectivity index (χ0) is 37.4. The molecule has 0 aromatic heterocycles. The predicted octanol–water partition coefficient (Wildman–Crippen LogP) is -2.65. The first-order chi connectivity index (χ1) is 23.6. The van der Waals surface area contributed by atoms with Gasteiger partial charge in [-0.15, -0.1) is 0 Å². The van der Waals surface area contributed by atoms with Gasteiger partial charge in [-0.05, 0) is 62.1 Å². The fraction of sp³-hybridized carbons (Fsp3) is 0.594. The molecule has 0 radical (unpaired) electrons. The number of amides is 5. The number of hydrogen-bond acceptors (Lipinski definition) is 9. The minimum absolute atomic E-state index is 0.0229. The molecule has 0 bridgehead atoms. The zero-order valence-corrected chi connectivity index (χ0v) is 28.8. The standard InChI is InChI=1S/C32H54N12O6/c1-3-18(2)25(26(34)46)43-28(48)23(17-19-10-12-20(45)13-11-19)42-29(49)24-9-6-16-44(24)30(50)22(8-5-15-40-32(37)38)41-27(47)21(33)7-4-14-39-31(35)36/h10-13,18,21-25,45H,3-9,14-17,33H2,1-2H3,(H2,34,46)(H,41,47)(H,42,49)(H,43,48)(H4,35,36,39)(H4,37,38,40)/t18-,21+,22+,23+,24+,25+/m1/s1. The minimum Gasteiger partial charge on any atom is -0.508 e. The van der Waals surface area contributed by atoms with Gasteiger partial charge in [0.2, 0.25) is 29.5 Å². The largest absolute Gasteiger partial charge is 0.508 e. The van der Waals surface area contributed by atoms with Crippen molar-refractivity contribution in [1.29, 1.82) is 0 Å². The van der Waals surface area contributed by atoms with E-state index in [0.717, 1.165) is 0 Å². The molecule has 16 N–H and O–H groups in total. The molecule has 18 heteroatoms. The van der Waals surface area contributed by atoms with Crippen molar-refractivity contribution in [1.82, 2.24) is 20.9 Å². The van der Waals surface area contributed by atoms with Gasteiger partial charge in [-0.1, -0.05) is 32.4 Å². The topological polar surface area (TPSA) is 326 Å². The van der Waals surface area contributed by atoms with E-state index in [1.54, 1.807) is 19.1 Å². The van der Waals surface area contributed by atoms with E-state index in [1.165, 1.54) is 17.0 Å². The molecule has 278 valence electrons. The van der Waals surface area contributed by atoms with Crippen LogP contribution in [0.1, 0.15) is 64.4 Å². The maximum absolute atomic E-state index is 14.0. The molecule has 1 fully saturated rings. The van der Waals surface area contributed by atoms with Crippen molar-refractivity contribution in [3.05, 3.63) is 29.8 Å². The summed E-state index contributed by atoms with van der Waals surface area (Å²) in [5.41, 5.74) is 33.8. The van der Waals surface area contributed by atoms with Crippen LogP contribution in [0.15, 0.2) is 34.3 Å². The third-order valence-corrected chi connectivity index (χ3v) is 8.53. The van der Waals surface area contributed by atoms with Crippen LogP contribution in [0.5, 0.6) is 5.75 Å². The van der Waals surface area contributed by atoms with Gasteiger partial charge in [0.1, 0.15) is 29.9 Å². The fourth-order valence-corrected chi connectivity index (χ4v) is 5.52. The number of carbonyl (C=O) groups is 5. The molecule has 0 spiro atoms. The summed E-state index contributed by atoms with van der Waals surface area (Å²) < 4.78 is 0. The maximum Gasteiger partial charge on any atom is 0.245 e. The van der Waals surface area contributed by atoms with Crippen molar-refractivity contribution >= 4 is 41.5 Å². The van der Waals surface area contributed by atoms with E-state index < -0.39 is 59.7 Å². The van der Waals surface area contributed by atoms with Crippen LogP contribution in [0.4, 0.5) is 0 Å². The van der Waals surface area contributed by atoms with Gasteiger partial charge in [-0.2, -0.15) is 0 Å². The Hall–Kier alpha value is -5.13. The van der Waals surface area contributed by atoms with E-state index in [4.69, 9.17) is 34.4 Å². The second-order valence-corrected chi connectivity index (χ2v) is 12.5. The van der Waals surface area contributed by atoms with E-state index in [0.29, 0.717) is 37.7 Å². The number of nitrogens with zero attached hydrogens (tertiary/aromatic N) is 3. The summed E-state index contributed by atoms with van der Waals surface area (Å²) in [7, 11) is 0. The van der Waals surface area contributed by atoms with E-state index in [-0.39, 0.29) is 62.5 Å². The number of primary amides is 1. The second-order valence-electron chi connectivity index (χ2n) is 12.5. The lowest BCUT2D eigenvalue weighted by atomic mass is 9.97. The lowest BCUT2D eigenvalue weighted by molar-refractivity contribution is -0.142. The van der Waals surface area contributed by atoms with Gasteiger partial charge in [0.15, 0.2) is 11.9 Å². The summed E-state index contributed by atoms with van der Waals surface area (Å²) in [5, 5.41) is 17.9. The van der Waals surface area contributed by atoms with E-state index >= 15 is 0 Å². The quantitative estimate of drug-likeness (QED) is 0.0380. The normalized spacial score (nSPS) is 16.9. The van der Waals surface area contributed by atoms with Crippen molar-refractivity contribution in [2.24, 2.45) is 50.3 Å². The monoisotopic (exact) mass is 702 g/mol. The number of nitrogens with two attached hydrogens (primary N) is 6. The van der Waals surface area contributed by atoms with Gasteiger partial charge in [-0.3, -0.25) is 34.0 Å². The van der Waals surface area contributed by atoms with E-state index in [1.807, 2.05) is 6.92 Å². The van der Waals surface area contributed by atoms with Crippen LogP contribution in [-0.4, -0.2) is 101 Å². The number of rotatable bonds is 20. The molecular weight excluding hydrogens is 648 g/mol. The first kappa shape index (κ1) is 41.0. The Morgan fingerprint density at radius 2 is 1.48 bits per heavy atom. The number of carbonyl (C=O) groups excluding carboxylic acids is 5. The number of phenols is 1. The Balaban J connectivity index is 2.27. The second kappa shape index (κ2) is 20.4. The Morgan fingerprint density at radius 1 is 0.880 bits per heavy atom. The smallest absolute Gasteiger partial charge is 0.245 e. The average Bonchev–Trinajstić information content (AvgIpc) is 3.56. The lowest BCUT2D eigenvalue weighted by Gasteiger charge is -2.31. The van der Waals surface area contributed by atoms with E-state index in [9.17, 15) is 29.1 Å². The molecule has 6 atom stereocenters. The number of aliphatic imine (C=N–C) groups is 2. The molecule has 1 heterocycles. The van der Waals surface area contributed by atoms with Crippen molar-refractivity contribution in [3.63, 3.8) is 0 Å². The Bertz CT molecular complexity index is 1360. The zero-order valence-electron chi connectivity index (χ0n) is 28.8. The summed E-state index contributed by atoms with van der Waals surface area (Å²) in [6, 6.07) is 1.04. The first-order valence-electron chi connectivity index (χ1n) is 16.8. The van der Waals surface area contributed by atoms with Crippen LogP contribution in [-0.2, 0) is 30.4 Å². The highest BCUT2D eigenvalue weighted by Gasteiger charge is 2.39. The summed E-state index contributed by atoms with van der Waals surface area (Å²) in [4.78, 5) is 75.8. The summed E-state index contributed by atoms with van der Waals surface area (Å²) in [6.45, 7) is 4.34. The lowest BCUT2D eigenvalue weighted by Crippen LogP contribution is -2.59. The van der Waals surface area contributed by atoms with Crippen LogP contribution < -0.4 is 50.4 Å². The molecule has 18 nitrogen and oxygen atoms in total. The fourth-order valence-electron chi connectivity index (χ4n) is 5.52.